The molecule has 20 heavy (non-hydrogen) atoms. The Labute approximate surface area is 128 Å². The third kappa shape index (κ3) is 2.77. The van der Waals surface area contributed by atoms with Gasteiger partial charge in [0.25, 0.3) is 0 Å². The van der Waals surface area contributed by atoms with Crippen molar-refractivity contribution in [3.8, 4) is 0 Å². The van der Waals surface area contributed by atoms with Crippen LogP contribution < -0.4 is 10.6 Å². The highest BCUT2D eigenvalue weighted by Crippen LogP contribution is 2.40. The number of benzene rings is 1. The van der Waals surface area contributed by atoms with Crippen LogP contribution in [0.15, 0.2) is 27.8 Å². The summed E-state index contributed by atoms with van der Waals surface area (Å²) in [6.07, 6.45) is 3.57. The zero-order valence-corrected chi connectivity index (χ0v) is 13.7. The molecule has 1 fully saturated rings. The van der Waals surface area contributed by atoms with Crippen molar-refractivity contribution < 1.29 is 5.21 Å². The molecular formula is C15H22BrN3O. The van der Waals surface area contributed by atoms with Gasteiger partial charge in [0.15, 0.2) is 5.84 Å². The molecule has 1 heterocycles. The normalized spacial score (nSPS) is 18.6. The molecular weight excluding hydrogens is 318 g/mol. The minimum absolute atomic E-state index is 0.165. The molecule has 1 saturated heterocycles. The standard InChI is InChI=1S/C15H22BrN3O/c1-3-15(4-2)7-8-19(10-15)13-9-11(16)5-6-12(13)14(17)18-20/h5-6,9,20H,3-4,7-8,10H2,1-2H3,(H2,17,18). The van der Waals surface area contributed by atoms with Crippen molar-refractivity contribution in [2.45, 2.75) is 33.1 Å². The first-order valence-corrected chi connectivity index (χ1v) is 7.87. The maximum Gasteiger partial charge on any atom is 0.172 e. The number of halogens is 1. The van der Waals surface area contributed by atoms with Crippen LogP contribution in [0.25, 0.3) is 0 Å². The molecule has 0 radical (unpaired) electrons. The molecule has 1 aromatic carbocycles. The first-order valence-electron chi connectivity index (χ1n) is 7.07. The van der Waals surface area contributed by atoms with Crippen molar-refractivity contribution in [3.63, 3.8) is 0 Å². The third-order valence-corrected chi connectivity index (χ3v) is 5.12. The third-order valence-electron chi connectivity index (χ3n) is 4.62. The minimum atomic E-state index is 0.165. The van der Waals surface area contributed by atoms with E-state index in [1.807, 2.05) is 12.1 Å². The average molecular weight is 340 g/mol. The van der Waals surface area contributed by atoms with E-state index in [4.69, 9.17) is 10.9 Å². The summed E-state index contributed by atoms with van der Waals surface area (Å²) < 4.78 is 1.01. The Morgan fingerprint density at radius 2 is 2.15 bits per heavy atom. The molecule has 110 valence electrons. The van der Waals surface area contributed by atoms with Gasteiger partial charge in [-0.2, -0.15) is 0 Å². The predicted octanol–water partition coefficient (Wildman–Crippen LogP) is 3.56. The fourth-order valence-corrected chi connectivity index (χ4v) is 3.35. The zero-order chi connectivity index (χ0) is 14.8. The maximum atomic E-state index is 8.95. The fourth-order valence-electron chi connectivity index (χ4n) is 3.00. The summed E-state index contributed by atoms with van der Waals surface area (Å²) >= 11 is 3.51. The molecule has 1 aliphatic rings. The van der Waals surface area contributed by atoms with E-state index < -0.39 is 0 Å². The molecule has 0 spiro atoms. The van der Waals surface area contributed by atoms with Crippen LogP contribution in [-0.2, 0) is 0 Å². The van der Waals surface area contributed by atoms with E-state index in [0.29, 0.717) is 5.41 Å². The lowest BCUT2D eigenvalue weighted by atomic mass is 9.82. The Balaban J connectivity index is 2.36. The van der Waals surface area contributed by atoms with Crippen LogP contribution in [0, 0.1) is 5.41 Å². The quantitative estimate of drug-likeness (QED) is 0.381. The molecule has 5 heteroatoms. The number of nitrogens with two attached hydrogens (primary N) is 1. The lowest BCUT2D eigenvalue weighted by Crippen LogP contribution is -2.28. The van der Waals surface area contributed by atoms with Crippen LogP contribution in [0.2, 0.25) is 0 Å². The average Bonchev–Trinajstić information content (AvgIpc) is 2.91. The Kier molecular flexibility index (Phi) is 4.58. The fraction of sp³-hybridized carbons (Fsp3) is 0.533. The Morgan fingerprint density at radius 3 is 2.70 bits per heavy atom. The van der Waals surface area contributed by atoms with Crippen LogP contribution in [-0.4, -0.2) is 24.1 Å². The van der Waals surface area contributed by atoms with E-state index in [2.05, 4.69) is 45.9 Å². The molecule has 0 amide bonds. The number of hydrogen-bond acceptors (Lipinski definition) is 3. The summed E-state index contributed by atoms with van der Waals surface area (Å²) in [5.41, 5.74) is 8.03. The summed E-state index contributed by atoms with van der Waals surface area (Å²) in [7, 11) is 0. The number of nitrogens with zero attached hydrogens (tertiary/aromatic N) is 2. The maximum absolute atomic E-state index is 8.95. The number of rotatable bonds is 4. The van der Waals surface area contributed by atoms with Crippen molar-refractivity contribution >= 4 is 27.5 Å². The summed E-state index contributed by atoms with van der Waals surface area (Å²) in [4.78, 5) is 2.35. The lowest BCUT2D eigenvalue weighted by Gasteiger charge is -2.28. The molecule has 0 atom stereocenters. The van der Waals surface area contributed by atoms with Crippen molar-refractivity contribution in [2.75, 3.05) is 18.0 Å². The van der Waals surface area contributed by atoms with Gasteiger partial charge in [0.1, 0.15) is 0 Å². The van der Waals surface area contributed by atoms with E-state index in [0.717, 1.165) is 28.8 Å². The Morgan fingerprint density at radius 1 is 1.45 bits per heavy atom. The first kappa shape index (κ1) is 15.2. The molecule has 0 bridgehead atoms. The SMILES string of the molecule is CCC1(CC)CCN(c2cc(Br)ccc2/C(N)=N/O)C1. The van der Waals surface area contributed by atoms with Crippen LogP contribution >= 0.6 is 15.9 Å². The van der Waals surface area contributed by atoms with E-state index in [1.165, 1.54) is 19.3 Å². The van der Waals surface area contributed by atoms with Gasteiger partial charge in [-0.05, 0) is 42.9 Å². The molecule has 1 aromatic rings. The van der Waals surface area contributed by atoms with Crippen molar-refractivity contribution in [1.29, 1.82) is 0 Å². The minimum Gasteiger partial charge on any atom is -0.409 e. The van der Waals surface area contributed by atoms with E-state index in [-0.39, 0.29) is 5.84 Å². The van der Waals surface area contributed by atoms with Crippen LogP contribution in [0.4, 0.5) is 5.69 Å². The van der Waals surface area contributed by atoms with Crippen molar-refractivity contribution in [2.24, 2.45) is 16.3 Å². The molecule has 2 rings (SSSR count). The molecule has 0 unspecified atom stereocenters. The smallest absolute Gasteiger partial charge is 0.172 e. The molecule has 1 aliphatic heterocycles. The van der Waals surface area contributed by atoms with Gasteiger partial charge in [0.05, 0.1) is 0 Å². The molecule has 0 aliphatic carbocycles. The predicted molar refractivity (Wildman–Crippen MR) is 86.5 cm³/mol. The number of hydrogen-bond donors (Lipinski definition) is 2. The number of amidine groups is 1. The monoisotopic (exact) mass is 339 g/mol. The highest BCUT2D eigenvalue weighted by atomic mass is 79.9. The first-order chi connectivity index (χ1) is 9.55. The molecule has 0 aromatic heterocycles. The highest BCUT2D eigenvalue weighted by molar-refractivity contribution is 9.10. The van der Waals surface area contributed by atoms with E-state index in [1.54, 1.807) is 0 Å². The Bertz CT molecular complexity index is 512. The summed E-state index contributed by atoms with van der Waals surface area (Å²) in [5, 5.41) is 12.1. The van der Waals surface area contributed by atoms with Crippen LogP contribution in [0.5, 0.6) is 0 Å². The summed E-state index contributed by atoms with van der Waals surface area (Å²) in [6.45, 7) is 6.57. The largest absolute Gasteiger partial charge is 0.409 e. The van der Waals surface area contributed by atoms with Gasteiger partial charge < -0.3 is 15.8 Å². The highest BCUT2D eigenvalue weighted by Gasteiger charge is 2.35. The zero-order valence-electron chi connectivity index (χ0n) is 12.1. The molecule has 0 saturated carbocycles. The van der Waals surface area contributed by atoms with Crippen molar-refractivity contribution in [3.05, 3.63) is 28.2 Å². The van der Waals surface area contributed by atoms with E-state index in [9.17, 15) is 0 Å². The lowest BCUT2D eigenvalue weighted by molar-refractivity contribution is 0.301. The second kappa shape index (κ2) is 6.04. The van der Waals surface area contributed by atoms with Gasteiger partial charge in [0, 0.05) is 28.8 Å². The summed E-state index contributed by atoms with van der Waals surface area (Å²) in [5.74, 6) is 0.165. The van der Waals surface area contributed by atoms with Gasteiger partial charge in [-0.3, -0.25) is 0 Å². The van der Waals surface area contributed by atoms with Crippen molar-refractivity contribution in [1.82, 2.24) is 0 Å². The molecule has 4 nitrogen and oxygen atoms in total. The number of anilines is 1. The van der Waals surface area contributed by atoms with Gasteiger partial charge in [-0.25, -0.2) is 0 Å². The van der Waals surface area contributed by atoms with Gasteiger partial charge in [-0.15, -0.1) is 0 Å². The van der Waals surface area contributed by atoms with Crippen LogP contribution in [0.3, 0.4) is 0 Å². The summed E-state index contributed by atoms with van der Waals surface area (Å²) in [6, 6.07) is 5.86. The second-order valence-electron chi connectivity index (χ2n) is 5.53. The van der Waals surface area contributed by atoms with E-state index >= 15 is 0 Å². The van der Waals surface area contributed by atoms with Gasteiger partial charge >= 0.3 is 0 Å². The molecule has 3 N–H and O–H groups in total. The number of oxime groups is 1. The van der Waals surface area contributed by atoms with Gasteiger partial charge in [-0.1, -0.05) is 34.9 Å². The van der Waals surface area contributed by atoms with Crippen LogP contribution in [0.1, 0.15) is 38.7 Å². The second-order valence-corrected chi connectivity index (χ2v) is 6.44. The topological polar surface area (TPSA) is 61.8 Å². The Hall–Kier alpha value is -1.23. The van der Waals surface area contributed by atoms with Gasteiger partial charge in [0.2, 0.25) is 0 Å².